The first-order valence-corrected chi connectivity index (χ1v) is 28.7. The fraction of sp³-hybridized carbons (Fsp3) is 0.625. The van der Waals surface area contributed by atoms with Crippen molar-refractivity contribution in [3.05, 3.63) is 95.1 Å². The number of aromatic hydroxyl groups is 2. The maximum absolute atomic E-state index is 10.8. The third-order valence-electron chi connectivity index (χ3n) is 24.2. The summed E-state index contributed by atoms with van der Waals surface area (Å²) >= 11 is 0. The Kier molecular flexibility index (Phi) is 8.72. The molecule has 16 bridgehead atoms. The van der Waals surface area contributed by atoms with Gasteiger partial charge >= 0.3 is 0 Å². The van der Waals surface area contributed by atoms with Crippen LogP contribution in [0.4, 0.5) is 11.4 Å². The molecular formula is C64H76N2O4. The quantitative estimate of drug-likeness (QED) is 0.0983. The molecule has 2 atom stereocenters. The second-order valence-electron chi connectivity index (χ2n) is 28.2. The van der Waals surface area contributed by atoms with E-state index >= 15 is 0 Å². The third-order valence-corrected chi connectivity index (χ3v) is 24.2. The number of phenolic OH excluding ortho intramolecular Hbond substituents is 2. The molecule has 16 aliphatic carbocycles. The van der Waals surface area contributed by atoms with E-state index in [-0.39, 0.29) is 27.7 Å². The lowest BCUT2D eigenvalue weighted by molar-refractivity contribution is -0.215. The molecule has 0 aliphatic heterocycles. The molecule has 16 aliphatic rings. The van der Waals surface area contributed by atoms with Crippen LogP contribution >= 0.6 is 0 Å². The minimum absolute atomic E-state index is 0.0847. The fourth-order valence-corrected chi connectivity index (χ4v) is 23.4. The molecule has 0 amide bonds. The summed E-state index contributed by atoms with van der Waals surface area (Å²) in [5.41, 5.74) is 20.2. The molecule has 0 radical (unpaired) electrons. The van der Waals surface area contributed by atoms with Crippen molar-refractivity contribution in [2.45, 2.75) is 164 Å². The van der Waals surface area contributed by atoms with Crippen molar-refractivity contribution in [1.82, 2.24) is 0 Å². The Hall–Kier alpha value is -4.32. The van der Waals surface area contributed by atoms with E-state index in [9.17, 15) is 10.2 Å². The second-order valence-corrected chi connectivity index (χ2v) is 28.2. The molecule has 6 N–H and O–H groups in total. The molecule has 20 rings (SSSR count). The van der Waals surface area contributed by atoms with Crippen molar-refractivity contribution in [2.24, 2.45) is 81.8 Å². The van der Waals surface area contributed by atoms with E-state index in [1.54, 1.807) is 35.4 Å². The van der Waals surface area contributed by atoms with Gasteiger partial charge in [-0.3, -0.25) is 0 Å². The number of benzene rings is 4. The summed E-state index contributed by atoms with van der Waals surface area (Å²) in [6.07, 6.45) is 32.1. The van der Waals surface area contributed by atoms with Gasteiger partial charge in [-0.2, -0.15) is 0 Å². The number of rotatable bonds is 9. The summed E-state index contributed by atoms with van der Waals surface area (Å²) < 4.78 is 14.1. The minimum Gasteiger partial charge on any atom is -0.506 e. The number of hydrogen-bond donors (Lipinski definition) is 4. The van der Waals surface area contributed by atoms with Crippen molar-refractivity contribution >= 4 is 11.4 Å². The molecule has 6 nitrogen and oxygen atoms in total. The normalized spacial score (nSPS) is 44.9. The van der Waals surface area contributed by atoms with Gasteiger partial charge in [-0.05, 0) is 288 Å². The van der Waals surface area contributed by atoms with E-state index in [1.165, 1.54) is 159 Å². The number of anilines is 2. The summed E-state index contributed by atoms with van der Waals surface area (Å²) in [5, 5.41) is 21.7. The molecule has 2 unspecified atom stereocenters. The minimum atomic E-state index is -0.118. The Balaban J connectivity index is 0.897. The molecule has 0 aromatic heterocycles. The Labute approximate surface area is 416 Å². The number of phenols is 2. The van der Waals surface area contributed by atoms with Crippen LogP contribution in [0.25, 0.3) is 0 Å². The molecule has 366 valence electrons. The smallest absolute Gasteiger partial charge is 0.142 e. The summed E-state index contributed by atoms with van der Waals surface area (Å²) in [6, 6.07) is 26.4. The van der Waals surface area contributed by atoms with Crippen molar-refractivity contribution in [1.29, 1.82) is 0 Å². The Bertz CT molecular complexity index is 2560. The summed E-state index contributed by atoms with van der Waals surface area (Å²) in [7, 11) is 0. The van der Waals surface area contributed by atoms with Crippen LogP contribution in [0.3, 0.4) is 0 Å². The first-order chi connectivity index (χ1) is 33.9. The van der Waals surface area contributed by atoms with Crippen molar-refractivity contribution in [3.63, 3.8) is 0 Å². The second kappa shape index (κ2) is 14.5. The Morgan fingerprint density at radius 1 is 0.371 bits per heavy atom. The highest BCUT2D eigenvalue weighted by atomic mass is 16.5. The third kappa shape index (κ3) is 5.97. The van der Waals surface area contributed by atoms with Crippen LogP contribution in [-0.2, 0) is 16.2 Å². The van der Waals surface area contributed by atoms with E-state index < -0.39 is 0 Å². The van der Waals surface area contributed by atoms with Gasteiger partial charge in [0.05, 0.1) is 11.4 Å². The average molecular weight is 937 g/mol. The van der Waals surface area contributed by atoms with Gasteiger partial charge < -0.3 is 31.2 Å². The van der Waals surface area contributed by atoms with Crippen LogP contribution in [0.2, 0.25) is 0 Å². The molecule has 0 saturated heterocycles. The molecule has 16 saturated carbocycles. The number of nitrogen functional groups attached to an aromatic ring is 2. The molecular weight excluding hydrogens is 861 g/mol. The van der Waals surface area contributed by atoms with E-state index in [2.05, 4.69) is 36.4 Å². The summed E-state index contributed by atoms with van der Waals surface area (Å²) in [5.74, 6) is 13.2. The van der Waals surface area contributed by atoms with Gasteiger partial charge in [0.15, 0.2) is 0 Å². The zero-order valence-electron chi connectivity index (χ0n) is 41.5. The average Bonchev–Trinajstić information content (AvgIpc) is 3.31. The first-order valence-electron chi connectivity index (χ1n) is 28.7. The van der Waals surface area contributed by atoms with Crippen molar-refractivity contribution in [2.75, 3.05) is 11.5 Å². The number of ether oxygens (including phenoxy) is 2. The Morgan fingerprint density at radius 3 is 1.06 bits per heavy atom. The monoisotopic (exact) mass is 937 g/mol. The van der Waals surface area contributed by atoms with Gasteiger partial charge in [-0.1, -0.05) is 24.3 Å². The number of nitrogens with two attached hydrogens (primary N) is 2. The van der Waals surface area contributed by atoms with Crippen LogP contribution < -0.4 is 20.9 Å². The molecule has 0 heterocycles. The van der Waals surface area contributed by atoms with Crippen molar-refractivity contribution < 1.29 is 19.7 Å². The van der Waals surface area contributed by atoms with E-state index in [0.29, 0.717) is 45.5 Å². The van der Waals surface area contributed by atoms with Gasteiger partial charge in [0.25, 0.3) is 0 Å². The Morgan fingerprint density at radius 2 is 0.700 bits per heavy atom. The number of hydrogen-bond acceptors (Lipinski definition) is 6. The lowest BCUT2D eigenvalue weighted by Crippen LogP contribution is -2.66. The molecule has 16 fully saturated rings. The van der Waals surface area contributed by atoms with Crippen LogP contribution in [0.5, 0.6) is 34.5 Å². The van der Waals surface area contributed by atoms with Gasteiger partial charge in [-0.25, -0.2) is 0 Å². The van der Waals surface area contributed by atoms with E-state index in [1.807, 2.05) is 12.1 Å². The SMILES string of the molecule is Nc1ccc(Oc2ccc(C3(c4ccc(Oc5ccc(N)c(O)c5)c(C56CC7CC(CC(C7)C5)C6)c4)C4CC5CC3CC(C36CC7CC(CC(C7)C3)C6)(C5)C4)cc2C23CC4CC(CC(C4)C2)C3)cc1O. The molecule has 0 spiro atoms. The van der Waals surface area contributed by atoms with Crippen molar-refractivity contribution in [3.8, 4) is 34.5 Å². The van der Waals surface area contributed by atoms with E-state index in [0.717, 1.165) is 70.7 Å². The predicted molar refractivity (Wildman–Crippen MR) is 275 cm³/mol. The van der Waals surface area contributed by atoms with E-state index in [4.69, 9.17) is 20.9 Å². The lowest BCUT2D eigenvalue weighted by Gasteiger charge is -2.74. The van der Waals surface area contributed by atoms with Gasteiger partial charge in [0.2, 0.25) is 0 Å². The van der Waals surface area contributed by atoms with Crippen LogP contribution in [0, 0.1) is 81.8 Å². The largest absolute Gasteiger partial charge is 0.506 e. The maximum Gasteiger partial charge on any atom is 0.142 e. The molecule has 6 heteroatoms. The highest BCUT2D eigenvalue weighted by molar-refractivity contribution is 5.60. The topological polar surface area (TPSA) is 111 Å². The standard InChI is InChI=1S/C64H76N2O4/c65-54-5-3-50(22-56(54)67)69-58-7-1-46(20-52(58)60-24-36-9-37(25-60)11-38(10-36)26-60)64(48-18-45-19-49(64)35-63(33-45,34-48)62-30-42-15-43(31-62)17-44(16-42)32-62)47-2-8-59(70-51-4-6-55(66)57(68)23-51)53(21-47)61-27-39-12-40(28-61)14-41(13-39)29-61/h1-8,20-23,36-45,48-49,67-68H,9-19,24-35,65-66H2. The maximum atomic E-state index is 10.8. The molecule has 4 aromatic carbocycles. The van der Waals surface area contributed by atoms with Gasteiger partial charge in [-0.15, -0.1) is 0 Å². The van der Waals surface area contributed by atoms with Gasteiger partial charge in [0, 0.05) is 28.7 Å². The highest BCUT2D eigenvalue weighted by Gasteiger charge is 2.70. The zero-order chi connectivity index (χ0) is 46.5. The summed E-state index contributed by atoms with van der Waals surface area (Å²) in [4.78, 5) is 0. The van der Waals surface area contributed by atoms with Crippen LogP contribution in [0.1, 0.15) is 170 Å². The zero-order valence-corrected chi connectivity index (χ0v) is 41.5. The molecule has 4 aromatic rings. The molecule has 70 heavy (non-hydrogen) atoms. The fourth-order valence-electron chi connectivity index (χ4n) is 23.4. The lowest BCUT2D eigenvalue weighted by atomic mass is 9.31. The van der Waals surface area contributed by atoms with Crippen LogP contribution in [0.15, 0.2) is 72.8 Å². The highest BCUT2D eigenvalue weighted by Crippen LogP contribution is 2.79. The van der Waals surface area contributed by atoms with Crippen LogP contribution in [-0.4, -0.2) is 10.2 Å². The summed E-state index contributed by atoms with van der Waals surface area (Å²) in [6.45, 7) is 0. The first kappa shape index (κ1) is 42.2. The van der Waals surface area contributed by atoms with Gasteiger partial charge in [0.1, 0.15) is 34.5 Å². The predicted octanol–water partition coefficient (Wildman–Crippen LogP) is 15.1.